The van der Waals surface area contributed by atoms with Crippen molar-refractivity contribution < 1.29 is 19.2 Å². The Bertz CT molecular complexity index is 2470. The second kappa shape index (κ2) is 15.0. The Hall–Kier alpha value is -6.15. The third-order valence-electron chi connectivity index (χ3n) is 12.1. The van der Waals surface area contributed by atoms with Crippen LogP contribution in [0.2, 0.25) is 0 Å². The SMILES string of the molecule is Cc1cccc(C)c1Nc1nn(C(C)C)c2nc(Nc3ccc4c(c3)CN(CC3CCN(c5ccc6c(c5)C(=O)N(C5CCC(=O)NC5=O)C6=O)CC3)CC4)ncc12. The number of nitrogens with one attached hydrogen (secondary N) is 3. The third-order valence-corrected chi connectivity index (χ3v) is 12.1. The minimum Gasteiger partial charge on any atom is -0.371 e. The van der Waals surface area contributed by atoms with Gasteiger partial charge in [0.1, 0.15) is 6.04 Å². The molecule has 14 heteroatoms. The Labute approximate surface area is 337 Å². The summed E-state index contributed by atoms with van der Waals surface area (Å²) in [6, 6.07) is 17.3. The molecule has 2 aromatic heterocycles. The average molecular weight is 781 g/mol. The molecule has 1 atom stereocenters. The standard InChI is InChI=1S/C44H48N10O4/c1-25(2)54-40-35(39(50-54)48-38-26(3)6-5-7-27(38)4)22-45-44(49-40)46-31-9-8-29-16-17-51(24-30(29)20-31)23-28-14-18-52(19-15-28)32-10-11-33-34(21-32)43(58)53(42(33)57)36-12-13-37(55)47-41(36)56/h5-11,20-22,25,28,36H,12-19,23-24H2,1-4H3,(H,48,50)(H,45,46,49)(H,47,55,56). The van der Waals surface area contributed by atoms with Crippen molar-refractivity contribution >= 4 is 63.5 Å². The van der Waals surface area contributed by atoms with Gasteiger partial charge in [0.25, 0.3) is 11.8 Å². The lowest BCUT2D eigenvalue weighted by atomic mass is 9.93. The maximum absolute atomic E-state index is 13.4. The number of nitrogens with zero attached hydrogens (tertiary/aromatic N) is 7. The average Bonchev–Trinajstić information content (AvgIpc) is 3.69. The summed E-state index contributed by atoms with van der Waals surface area (Å²) in [6.07, 6.45) is 5.13. The molecule has 0 radical (unpaired) electrons. The summed E-state index contributed by atoms with van der Waals surface area (Å²) in [5.41, 5.74) is 9.28. The highest BCUT2D eigenvalue weighted by atomic mass is 16.2. The molecule has 9 rings (SSSR count). The van der Waals surface area contributed by atoms with E-state index in [1.54, 1.807) is 12.1 Å². The number of amides is 4. The highest BCUT2D eigenvalue weighted by Crippen LogP contribution is 2.34. The van der Waals surface area contributed by atoms with Gasteiger partial charge in [0, 0.05) is 68.4 Å². The van der Waals surface area contributed by atoms with Crippen LogP contribution in [-0.4, -0.2) is 85.4 Å². The van der Waals surface area contributed by atoms with Crippen molar-refractivity contribution in [1.29, 1.82) is 0 Å². The maximum Gasteiger partial charge on any atom is 0.262 e. The number of carbonyl (C=O) groups excluding carboxylic acids is 4. The van der Waals surface area contributed by atoms with Crippen molar-refractivity contribution in [2.45, 2.75) is 78.4 Å². The van der Waals surface area contributed by atoms with E-state index < -0.39 is 23.8 Å². The van der Waals surface area contributed by atoms with Crippen LogP contribution < -0.4 is 20.9 Å². The molecule has 1 unspecified atom stereocenters. The molecule has 0 saturated carbocycles. The Morgan fingerprint density at radius 2 is 1.62 bits per heavy atom. The molecule has 0 spiro atoms. The number of carbonyl (C=O) groups is 4. The van der Waals surface area contributed by atoms with Gasteiger partial charge in [0.05, 0.1) is 16.5 Å². The number of rotatable bonds is 9. The second-order valence-corrected chi connectivity index (χ2v) is 16.4. The maximum atomic E-state index is 13.4. The lowest BCUT2D eigenvalue weighted by Crippen LogP contribution is -2.54. The largest absolute Gasteiger partial charge is 0.371 e. The first kappa shape index (κ1) is 37.4. The van der Waals surface area contributed by atoms with Crippen LogP contribution in [0.25, 0.3) is 11.0 Å². The van der Waals surface area contributed by atoms with Crippen LogP contribution in [0.15, 0.2) is 60.8 Å². The number of hydrogen-bond acceptors (Lipinski definition) is 11. The molecule has 298 valence electrons. The highest BCUT2D eigenvalue weighted by molar-refractivity contribution is 6.23. The summed E-state index contributed by atoms with van der Waals surface area (Å²) >= 11 is 0. The normalized spacial score (nSPS) is 18.9. The van der Waals surface area contributed by atoms with E-state index in [1.807, 2.05) is 16.9 Å². The van der Waals surface area contributed by atoms with E-state index >= 15 is 0 Å². The van der Waals surface area contributed by atoms with Crippen LogP contribution in [-0.2, 0) is 22.6 Å². The number of aryl methyl sites for hydroxylation is 2. The van der Waals surface area contributed by atoms with Gasteiger partial charge in [-0.15, -0.1) is 0 Å². The van der Waals surface area contributed by atoms with Gasteiger partial charge in [0.15, 0.2) is 11.5 Å². The number of hydrogen-bond donors (Lipinski definition) is 3. The fraction of sp³-hybridized carbons (Fsp3) is 0.386. The van der Waals surface area contributed by atoms with E-state index in [1.165, 1.54) is 11.1 Å². The van der Waals surface area contributed by atoms with Crippen molar-refractivity contribution in [1.82, 2.24) is 34.9 Å². The minimum absolute atomic E-state index is 0.0977. The third kappa shape index (κ3) is 6.95. The summed E-state index contributed by atoms with van der Waals surface area (Å²) in [5.74, 6) is -0.131. The number of imide groups is 2. The Balaban J connectivity index is 0.826. The van der Waals surface area contributed by atoms with E-state index in [4.69, 9.17) is 15.1 Å². The van der Waals surface area contributed by atoms with Gasteiger partial charge in [-0.25, -0.2) is 9.67 Å². The summed E-state index contributed by atoms with van der Waals surface area (Å²) in [7, 11) is 0. The number of fused-ring (bicyclic) bond motifs is 3. The van der Waals surface area contributed by atoms with Crippen molar-refractivity contribution in [3.05, 3.63) is 94.2 Å². The first-order valence-corrected chi connectivity index (χ1v) is 20.3. The summed E-state index contributed by atoms with van der Waals surface area (Å²) in [6.45, 7) is 13.0. The zero-order chi connectivity index (χ0) is 40.2. The molecule has 2 saturated heterocycles. The molecule has 14 nitrogen and oxygen atoms in total. The molecule has 4 amide bonds. The number of aromatic nitrogens is 4. The molecule has 3 aromatic carbocycles. The molecule has 4 aliphatic rings. The summed E-state index contributed by atoms with van der Waals surface area (Å²) < 4.78 is 1.95. The number of piperidine rings is 2. The Kier molecular flexibility index (Phi) is 9.67. The van der Waals surface area contributed by atoms with Crippen molar-refractivity contribution in [3.8, 4) is 0 Å². The van der Waals surface area contributed by atoms with E-state index in [0.717, 1.165) is 102 Å². The van der Waals surface area contributed by atoms with Crippen LogP contribution >= 0.6 is 0 Å². The molecule has 2 fully saturated rings. The van der Waals surface area contributed by atoms with Crippen LogP contribution in [0, 0.1) is 19.8 Å². The number of para-hydroxylation sites is 1. The van der Waals surface area contributed by atoms with Gasteiger partial charge in [-0.05, 0) is 112 Å². The Morgan fingerprint density at radius 1 is 0.845 bits per heavy atom. The van der Waals surface area contributed by atoms with Gasteiger partial charge in [0.2, 0.25) is 17.8 Å². The van der Waals surface area contributed by atoms with Gasteiger partial charge in [-0.1, -0.05) is 24.3 Å². The predicted molar refractivity (Wildman–Crippen MR) is 222 cm³/mol. The van der Waals surface area contributed by atoms with E-state index in [-0.39, 0.29) is 24.8 Å². The first-order valence-electron chi connectivity index (χ1n) is 20.3. The van der Waals surface area contributed by atoms with Crippen LogP contribution in [0.1, 0.15) is 88.5 Å². The monoisotopic (exact) mass is 780 g/mol. The minimum atomic E-state index is -0.967. The van der Waals surface area contributed by atoms with Crippen LogP contribution in [0.5, 0.6) is 0 Å². The highest BCUT2D eigenvalue weighted by Gasteiger charge is 2.45. The van der Waals surface area contributed by atoms with Gasteiger partial charge in [-0.2, -0.15) is 10.1 Å². The first-order chi connectivity index (χ1) is 28.0. The van der Waals surface area contributed by atoms with Crippen molar-refractivity contribution in [2.75, 3.05) is 41.7 Å². The van der Waals surface area contributed by atoms with Crippen LogP contribution in [0.3, 0.4) is 0 Å². The number of benzene rings is 3. The topological polar surface area (TPSA) is 158 Å². The zero-order valence-electron chi connectivity index (χ0n) is 33.3. The second-order valence-electron chi connectivity index (χ2n) is 16.4. The smallest absolute Gasteiger partial charge is 0.262 e. The van der Waals surface area contributed by atoms with E-state index in [0.29, 0.717) is 23.0 Å². The van der Waals surface area contributed by atoms with Crippen molar-refractivity contribution in [3.63, 3.8) is 0 Å². The Morgan fingerprint density at radius 3 is 2.38 bits per heavy atom. The number of anilines is 5. The molecule has 4 aliphatic heterocycles. The quantitative estimate of drug-likeness (QED) is 0.147. The fourth-order valence-corrected chi connectivity index (χ4v) is 8.94. The molecule has 3 N–H and O–H groups in total. The molecule has 58 heavy (non-hydrogen) atoms. The molecule has 0 aliphatic carbocycles. The zero-order valence-corrected chi connectivity index (χ0v) is 33.3. The van der Waals surface area contributed by atoms with E-state index in [9.17, 15) is 19.2 Å². The molecule has 6 heterocycles. The van der Waals surface area contributed by atoms with Gasteiger partial charge >= 0.3 is 0 Å². The predicted octanol–water partition coefficient (Wildman–Crippen LogP) is 6.19. The lowest BCUT2D eigenvalue weighted by Gasteiger charge is -2.37. The van der Waals surface area contributed by atoms with Crippen molar-refractivity contribution in [2.24, 2.45) is 5.92 Å². The molecule has 5 aromatic rings. The van der Waals surface area contributed by atoms with Crippen LogP contribution in [0.4, 0.5) is 28.8 Å². The van der Waals surface area contributed by atoms with Gasteiger partial charge in [-0.3, -0.25) is 34.3 Å². The molecule has 0 bridgehead atoms. The molecular weight excluding hydrogens is 733 g/mol. The summed E-state index contributed by atoms with van der Waals surface area (Å²) in [4.78, 5) is 66.2. The van der Waals surface area contributed by atoms with Gasteiger partial charge < -0.3 is 15.5 Å². The van der Waals surface area contributed by atoms with E-state index in [2.05, 4.69) is 89.8 Å². The summed E-state index contributed by atoms with van der Waals surface area (Å²) in [5, 5.41) is 15.1. The molecular formula is C44H48N10O4. The lowest BCUT2D eigenvalue weighted by molar-refractivity contribution is -0.136. The fourth-order valence-electron chi connectivity index (χ4n) is 8.94.